The van der Waals surface area contributed by atoms with Crippen LogP contribution in [0.1, 0.15) is 5.69 Å². The highest BCUT2D eigenvalue weighted by atomic mass is 79.9. The number of thiazole rings is 1. The zero-order valence-electron chi connectivity index (χ0n) is 13.7. The number of nitrogens with zero attached hydrogens (tertiary/aromatic N) is 2. The molecule has 0 radical (unpaired) electrons. The molecule has 0 saturated carbocycles. The van der Waals surface area contributed by atoms with E-state index >= 15 is 0 Å². The van der Waals surface area contributed by atoms with Crippen LogP contribution in [0, 0.1) is 24.4 Å². The molecule has 0 saturated heterocycles. The Balaban J connectivity index is 2.08. The average Bonchev–Trinajstić information content (AvgIpc) is 3.14. The van der Waals surface area contributed by atoms with Crippen molar-refractivity contribution in [3.05, 3.63) is 51.9 Å². The van der Waals surface area contributed by atoms with Crippen molar-refractivity contribution >= 4 is 54.4 Å². The van der Waals surface area contributed by atoms with Crippen LogP contribution in [0.2, 0.25) is 0 Å². The minimum atomic E-state index is -1.30. The van der Waals surface area contributed by atoms with Crippen LogP contribution in [0.25, 0.3) is 31.7 Å². The summed E-state index contributed by atoms with van der Waals surface area (Å²) in [7, 11) is 0. The molecule has 27 heavy (non-hydrogen) atoms. The summed E-state index contributed by atoms with van der Waals surface area (Å²) >= 11 is 4.32. The van der Waals surface area contributed by atoms with E-state index in [-0.39, 0.29) is 21.8 Å². The molecule has 0 aliphatic heterocycles. The van der Waals surface area contributed by atoms with Gasteiger partial charge in [0.1, 0.15) is 22.9 Å². The Hall–Kier alpha value is -2.39. The fourth-order valence-electron chi connectivity index (χ4n) is 3.18. The first kappa shape index (κ1) is 18.0. The van der Waals surface area contributed by atoms with Crippen molar-refractivity contribution < 1.29 is 23.1 Å². The summed E-state index contributed by atoms with van der Waals surface area (Å²) in [4.78, 5) is 15.4. The van der Waals surface area contributed by atoms with E-state index in [4.69, 9.17) is 0 Å². The Labute approximate surface area is 163 Å². The number of rotatable bonds is 3. The maximum absolute atomic E-state index is 14.1. The van der Waals surface area contributed by atoms with Gasteiger partial charge in [-0.3, -0.25) is 4.79 Å². The van der Waals surface area contributed by atoms with Gasteiger partial charge in [-0.05, 0) is 28.9 Å². The van der Waals surface area contributed by atoms with Crippen LogP contribution in [0.15, 0.2) is 28.7 Å². The molecular formula is C18H10BrF3N2O2S. The van der Waals surface area contributed by atoms with Crippen LogP contribution in [-0.4, -0.2) is 20.6 Å². The SMILES string of the molecule is Cc1c(-c2nc3c(F)c(F)cc(F)c3s2)c2cccc(Br)c2n1CC(=O)O. The first-order valence-corrected chi connectivity index (χ1v) is 9.34. The predicted molar refractivity (Wildman–Crippen MR) is 100 cm³/mol. The van der Waals surface area contributed by atoms with Crippen LogP contribution < -0.4 is 0 Å². The van der Waals surface area contributed by atoms with Gasteiger partial charge >= 0.3 is 5.97 Å². The monoisotopic (exact) mass is 454 g/mol. The van der Waals surface area contributed by atoms with Gasteiger partial charge in [-0.15, -0.1) is 11.3 Å². The summed E-state index contributed by atoms with van der Waals surface area (Å²) in [5.74, 6) is -4.42. The lowest BCUT2D eigenvalue weighted by Gasteiger charge is -2.05. The van der Waals surface area contributed by atoms with Crippen molar-refractivity contribution in [3.63, 3.8) is 0 Å². The van der Waals surface area contributed by atoms with E-state index in [1.165, 1.54) is 0 Å². The molecule has 0 spiro atoms. The van der Waals surface area contributed by atoms with E-state index in [0.29, 0.717) is 32.7 Å². The molecule has 4 rings (SSSR count). The highest BCUT2D eigenvalue weighted by molar-refractivity contribution is 9.10. The van der Waals surface area contributed by atoms with Crippen LogP contribution in [0.3, 0.4) is 0 Å². The summed E-state index contributed by atoms with van der Waals surface area (Å²) < 4.78 is 43.9. The van der Waals surface area contributed by atoms with Crippen LogP contribution in [-0.2, 0) is 11.3 Å². The van der Waals surface area contributed by atoms with Gasteiger partial charge in [0, 0.05) is 27.2 Å². The maximum atomic E-state index is 14.1. The summed E-state index contributed by atoms with van der Waals surface area (Å²) in [5.41, 5.74) is 1.41. The van der Waals surface area contributed by atoms with Crippen molar-refractivity contribution in [1.29, 1.82) is 0 Å². The van der Waals surface area contributed by atoms with E-state index in [1.807, 2.05) is 0 Å². The third kappa shape index (κ3) is 2.72. The number of fused-ring (bicyclic) bond motifs is 2. The Morgan fingerprint density at radius 2 is 2.04 bits per heavy atom. The standard InChI is InChI=1S/C18H10BrF3N2O2S/c1-7-13(8-3-2-4-9(19)16(8)24(7)6-12(25)26)18-23-15-14(22)10(20)5-11(21)17(15)27-18/h2-5H,6H2,1H3,(H,25,26). The minimum Gasteiger partial charge on any atom is -0.480 e. The number of hydrogen-bond donors (Lipinski definition) is 1. The normalized spacial score (nSPS) is 11.6. The topological polar surface area (TPSA) is 55.1 Å². The van der Waals surface area contributed by atoms with E-state index in [9.17, 15) is 23.1 Å². The maximum Gasteiger partial charge on any atom is 0.323 e. The molecule has 2 aromatic heterocycles. The van der Waals surface area contributed by atoms with E-state index < -0.39 is 23.4 Å². The van der Waals surface area contributed by atoms with E-state index in [0.717, 1.165) is 11.3 Å². The number of aliphatic carboxylic acids is 1. The van der Waals surface area contributed by atoms with Gasteiger partial charge in [0.25, 0.3) is 0 Å². The molecule has 138 valence electrons. The second-order valence-electron chi connectivity index (χ2n) is 5.93. The molecule has 0 bridgehead atoms. The third-order valence-corrected chi connectivity index (χ3v) is 6.04. The lowest BCUT2D eigenvalue weighted by Crippen LogP contribution is -2.10. The van der Waals surface area contributed by atoms with Gasteiger partial charge in [0.05, 0.1) is 10.2 Å². The molecule has 4 aromatic rings. The number of halogens is 4. The fourth-order valence-corrected chi connectivity index (χ4v) is 4.84. The Bertz CT molecular complexity index is 1250. The van der Waals surface area contributed by atoms with Gasteiger partial charge in [-0.2, -0.15) is 0 Å². The third-order valence-electron chi connectivity index (χ3n) is 4.32. The lowest BCUT2D eigenvalue weighted by atomic mass is 10.1. The Kier molecular flexibility index (Phi) is 4.23. The first-order valence-electron chi connectivity index (χ1n) is 7.73. The molecule has 2 aromatic carbocycles. The van der Waals surface area contributed by atoms with Gasteiger partial charge in [0.15, 0.2) is 11.6 Å². The number of aromatic nitrogens is 2. The zero-order chi connectivity index (χ0) is 19.5. The molecule has 2 heterocycles. The molecule has 0 atom stereocenters. The number of para-hydroxylation sites is 1. The quantitative estimate of drug-likeness (QED) is 0.416. The molecule has 0 amide bonds. The highest BCUT2D eigenvalue weighted by Crippen LogP contribution is 2.41. The smallest absolute Gasteiger partial charge is 0.323 e. The van der Waals surface area contributed by atoms with Crippen molar-refractivity contribution in [2.24, 2.45) is 0 Å². The number of carboxylic acid groups (broad SMARTS) is 1. The second kappa shape index (κ2) is 6.35. The minimum absolute atomic E-state index is 0.0857. The van der Waals surface area contributed by atoms with Crippen molar-refractivity contribution in [2.75, 3.05) is 0 Å². The first-order chi connectivity index (χ1) is 12.8. The van der Waals surface area contributed by atoms with Crippen molar-refractivity contribution in [2.45, 2.75) is 13.5 Å². The molecule has 9 heteroatoms. The summed E-state index contributed by atoms with van der Waals surface area (Å²) in [6.45, 7) is 1.43. The van der Waals surface area contributed by atoms with Gasteiger partial charge in [0.2, 0.25) is 0 Å². The molecule has 4 nitrogen and oxygen atoms in total. The number of hydrogen-bond acceptors (Lipinski definition) is 3. The van der Waals surface area contributed by atoms with E-state index in [1.54, 1.807) is 29.7 Å². The molecule has 0 aliphatic carbocycles. The summed E-state index contributed by atoms with van der Waals surface area (Å²) in [6.07, 6.45) is 0. The Morgan fingerprint density at radius 3 is 2.74 bits per heavy atom. The van der Waals surface area contributed by atoms with Crippen LogP contribution in [0.5, 0.6) is 0 Å². The van der Waals surface area contributed by atoms with E-state index in [2.05, 4.69) is 20.9 Å². The average molecular weight is 455 g/mol. The van der Waals surface area contributed by atoms with Crippen LogP contribution >= 0.6 is 27.3 Å². The Morgan fingerprint density at radius 1 is 1.30 bits per heavy atom. The largest absolute Gasteiger partial charge is 0.480 e. The van der Waals surface area contributed by atoms with Gasteiger partial charge in [-0.1, -0.05) is 12.1 Å². The summed E-state index contributed by atoms with van der Waals surface area (Å²) in [5, 5.41) is 10.2. The predicted octanol–water partition coefficient (Wildman–Crippen LogP) is 5.49. The fraction of sp³-hybridized carbons (Fsp3) is 0.111. The highest BCUT2D eigenvalue weighted by Gasteiger charge is 2.24. The van der Waals surface area contributed by atoms with Crippen molar-refractivity contribution in [1.82, 2.24) is 9.55 Å². The molecule has 0 fully saturated rings. The number of carboxylic acids is 1. The molecule has 0 aliphatic rings. The van der Waals surface area contributed by atoms with Gasteiger partial charge < -0.3 is 9.67 Å². The number of benzene rings is 2. The molecule has 0 unspecified atom stereocenters. The zero-order valence-corrected chi connectivity index (χ0v) is 16.1. The lowest BCUT2D eigenvalue weighted by molar-refractivity contribution is -0.137. The second-order valence-corrected chi connectivity index (χ2v) is 7.78. The summed E-state index contributed by atoms with van der Waals surface area (Å²) in [6, 6.07) is 5.82. The molecule has 1 N–H and O–H groups in total. The van der Waals surface area contributed by atoms with Crippen LogP contribution in [0.4, 0.5) is 13.2 Å². The van der Waals surface area contributed by atoms with Gasteiger partial charge in [-0.25, -0.2) is 18.2 Å². The molecular weight excluding hydrogens is 445 g/mol. The van der Waals surface area contributed by atoms with Crippen molar-refractivity contribution in [3.8, 4) is 10.6 Å². The number of carbonyl (C=O) groups is 1.